The van der Waals surface area contributed by atoms with Gasteiger partial charge in [-0.05, 0) is 31.4 Å². The summed E-state index contributed by atoms with van der Waals surface area (Å²) in [7, 11) is 0. The van der Waals surface area contributed by atoms with Crippen LogP contribution in [-0.2, 0) is 0 Å². The zero-order valence-corrected chi connectivity index (χ0v) is 20.2. The van der Waals surface area contributed by atoms with E-state index in [1.165, 1.54) is 17.8 Å². The number of rotatable bonds is 6. The molecule has 0 aliphatic heterocycles. The number of aliphatic hydroxyl groups excluding tert-OH is 3. The van der Waals surface area contributed by atoms with Crippen LogP contribution in [0.15, 0.2) is 29.1 Å². The molecule has 2 fully saturated rings. The van der Waals surface area contributed by atoms with Crippen LogP contribution in [0.25, 0.3) is 20.8 Å². The van der Waals surface area contributed by atoms with E-state index in [1.807, 2.05) is 24.3 Å². The molecule has 2 aliphatic carbocycles. The molecule has 9 nitrogen and oxygen atoms in total. The lowest BCUT2D eigenvalue weighted by Crippen LogP contribution is -2.36. The highest BCUT2D eigenvalue weighted by Gasteiger charge is 2.41. The molecule has 0 radical (unpaired) electrons. The molecule has 0 saturated heterocycles. The Hall–Kier alpha value is -2.24. The van der Waals surface area contributed by atoms with Gasteiger partial charge in [0.05, 0.1) is 22.4 Å². The maximum atomic E-state index is 13.3. The Kier molecular flexibility index (Phi) is 7.73. The number of halogens is 1. The normalized spacial score (nSPS) is 25.3. The SMILES string of the molecule is Cl.O=c1[nH]c(NC2CCCCC2)nc(N[C@@H]2C[C@H](CO)[C@@H](O)[C@H]2O)c1-c1nc2ccccc2s1. The maximum Gasteiger partial charge on any atom is 0.264 e. The monoisotopic (exact) mass is 507 g/mol. The van der Waals surface area contributed by atoms with E-state index in [0.29, 0.717) is 28.8 Å². The molecular formula is C23H30ClN5O4S. The average Bonchev–Trinajstić information content (AvgIpc) is 3.35. The van der Waals surface area contributed by atoms with E-state index in [2.05, 4.69) is 25.6 Å². The lowest BCUT2D eigenvalue weighted by molar-refractivity contribution is 0.00446. The van der Waals surface area contributed by atoms with E-state index in [1.54, 1.807) is 0 Å². The molecule has 2 aliphatic rings. The van der Waals surface area contributed by atoms with Crippen LogP contribution in [0.5, 0.6) is 0 Å². The van der Waals surface area contributed by atoms with Gasteiger partial charge in [-0.2, -0.15) is 4.98 Å². The van der Waals surface area contributed by atoms with Crippen molar-refractivity contribution in [1.82, 2.24) is 15.0 Å². The number of benzene rings is 1. The second-order valence-electron chi connectivity index (χ2n) is 9.01. The summed E-state index contributed by atoms with van der Waals surface area (Å²) < 4.78 is 0.957. The molecule has 0 spiro atoms. The number of aliphatic hydroxyl groups is 3. The van der Waals surface area contributed by atoms with Gasteiger partial charge in [0.2, 0.25) is 5.95 Å². The third kappa shape index (κ3) is 4.92. The van der Waals surface area contributed by atoms with Gasteiger partial charge < -0.3 is 26.0 Å². The number of hydrogen-bond acceptors (Lipinski definition) is 9. The van der Waals surface area contributed by atoms with Crippen molar-refractivity contribution < 1.29 is 15.3 Å². The number of thiazole rings is 1. The second-order valence-corrected chi connectivity index (χ2v) is 10.0. The molecule has 5 rings (SSSR count). The minimum Gasteiger partial charge on any atom is -0.396 e. The van der Waals surface area contributed by atoms with Crippen LogP contribution >= 0.6 is 23.7 Å². The summed E-state index contributed by atoms with van der Waals surface area (Å²) in [5.74, 6) is 0.252. The summed E-state index contributed by atoms with van der Waals surface area (Å²) in [6.07, 6.45) is 3.80. The lowest BCUT2D eigenvalue weighted by Gasteiger charge is -2.24. The zero-order valence-electron chi connectivity index (χ0n) is 18.6. The van der Waals surface area contributed by atoms with Crippen molar-refractivity contribution in [2.45, 2.75) is 62.8 Å². The highest BCUT2D eigenvalue weighted by Crippen LogP contribution is 2.35. The third-order valence-electron chi connectivity index (χ3n) is 6.73. The van der Waals surface area contributed by atoms with Crippen molar-refractivity contribution in [3.8, 4) is 10.6 Å². The van der Waals surface area contributed by atoms with Crippen LogP contribution in [0.4, 0.5) is 11.8 Å². The molecular weight excluding hydrogens is 478 g/mol. The Balaban J connectivity index is 0.00000274. The van der Waals surface area contributed by atoms with Crippen LogP contribution in [0.2, 0.25) is 0 Å². The van der Waals surface area contributed by atoms with Gasteiger partial charge >= 0.3 is 0 Å². The predicted octanol–water partition coefficient (Wildman–Crippen LogP) is 2.73. The fourth-order valence-electron chi connectivity index (χ4n) is 4.89. The minimum atomic E-state index is -1.08. The average molecular weight is 508 g/mol. The zero-order chi connectivity index (χ0) is 22.9. The van der Waals surface area contributed by atoms with Crippen molar-refractivity contribution in [3.05, 3.63) is 34.6 Å². The van der Waals surface area contributed by atoms with Crippen molar-refractivity contribution in [1.29, 1.82) is 0 Å². The Bertz CT molecular complexity index is 1150. The van der Waals surface area contributed by atoms with Gasteiger partial charge in [0.25, 0.3) is 5.56 Å². The van der Waals surface area contributed by atoms with Gasteiger partial charge in [-0.25, -0.2) is 4.98 Å². The smallest absolute Gasteiger partial charge is 0.264 e. The fourth-order valence-corrected chi connectivity index (χ4v) is 5.90. The first-order valence-electron chi connectivity index (χ1n) is 11.5. The summed E-state index contributed by atoms with van der Waals surface area (Å²) in [5, 5.41) is 37.4. The van der Waals surface area contributed by atoms with Crippen LogP contribution < -0.4 is 16.2 Å². The first-order valence-corrected chi connectivity index (χ1v) is 12.4. The van der Waals surface area contributed by atoms with Crippen LogP contribution in [0.1, 0.15) is 38.5 Å². The predicted molar refractivity (Wildman–Crippen MR) is 136 cm³/mol. The molecule has 0 amide bonds. The highest BCUT2D eigenvalue weighted by atomic mass is 35.5. The first-order chi connectivity index (χ1) is 16.0. The highest BCUT2D eigenvalue weighted by molar-refractivity contribution is 7.21. The van der Waals surface area contributed by atoms with Crippen molar-refractivity contribution >= 4 is 45.7 Å². The summed E-state index contributed by atoms with van der Waals surface area (Å²) >= 11 is 1.40. The van der Waals surface area contributed by atoms with Crippen LogP contribution in [0, 0.1) is 5.92 Å². The van der Waals surface area contributed by atoms with Gasteiger partial charge in [0, 0.05) is 18.6 Å². The second kappa shape index (κ2) is 10.6. The number of aromatic nitrogens is 3. The number of fused-ring (bicyclic) bond motifs is 1. The molecule has 4 atom stereocenters. The van der Waals surface area contributed by atoms with Gasteiger partial charge in [-0.1, -0.05) is 31.4 Å². The largest absolute Gasteiger partial charge is 0.396 e. The van der Waals surface area contributed by atoms with Crippen LogP contribution in [0.3, 0.4) is 0 Å². The van der Waals surface area contributed by atoms with E-state index in [9.17, 15) is 20.1 Å². The molecule has 1 aromatic carbocycles. The maximum absolute atomic E-state index is 13.3. The summed E-state index contributed by atoms with van der Waals surface area (Å²) in [6, 6.07) is 7.37. The standard InChI is InChI=1S/C23H29N5O4S.ClH/c29-11-12-10-15(19(31)18(12)30)25-20-17(22-26-14-8-4-5-9-16(14)33-22)21(32)28-23(27-20)24-13-6-2-1-3-7-13;/h4-5,8-9,12-13,15,18-19,29-31H,1-3,6-7,10-11H2,(H3,24,25,27,28,32);1H/t12-,15-,18-,19+;/m1./s1. The van der Waals surface area contributed by atoms with Crippen LogP contribution in [-0.4, -0.2) is 61.2 Å². The van der Waals surface area contributed by atoms with E-state index < -0.39 is 24.2 Å². The quantitative estimate of drug-likeness (QED) is 0.299. The number of para-hydroxylation sites is 1. The van der Waals surface area contributed by atoms with Gasteiger partial charge in [-0.15, -0.1) is 23.7 Å². The van der Waals surface area contributed by atoms with Gasteiger partial charge in [0.1, 0.15) is 22.5 Å². The first kappa shape index (κ1) is 24.9. The Labute approximate surface area is 207 Å². The molecule has 0 bridgehead atoms. The summed E-state index contributed by atoms with van der Waals surface area (Å²) in [4.78, 5) is 25.4. The number of nitrogens with one attached hydrogen (secondary N) is 3. The molecule has 11 heteroatoms. The van der Waals surface area contributed by atoms with Crippen molar-refractivity contribution in [2.75, 3.05) is 17.2 Å². The van der Waals surface area contributed by atoms with E-state index in [0.717, 1.165) is 35.9 Å². The summed E-state index contributed by atoms with van der Waals surface area (Å²) in [5.41, 5.74) is 0.778. The topological polar surface area (TPSA) is 143 Å². The fraction of sp³-hybridized carbons (Fsp3) is 0.522. The number of anilines is 2. The molecule has 2 saturated carbocycles. The third-order valence-corrected chi connectivity index (χ3v) is 7.79. The number of nitrogens with zero attached hydrogens (tertiary/aromatic N) is 2. The Morgan fingerprint density at radius 1 is 1.06 bits per heavy atom. The van der Waals surface area contributed by atoms with Gasteiger partial charge in [-0.3, -0.25) is 9.78 Å². The van der Waals surface area contributed by atoms with E-state index in [4.69, 9.17) is 0 Å². The van der Waals surface area contributed by atoms with Crippen molar-refractivity contribution in [3.63, 3.8) is 0 Å². The Morgan fingerprint density at radius 3 is 2.53 bits per heavy atom. The van der Waals surface area contributed by atoms with Crippen molar-refractivity contribution in [2.24, 2.45) is 5.92 Å². The number of aromatic amines is 1. The molecule has 0 unspecified atom stereocenters. The molecule has 6 N–H and O–H groups in total. The van der Waals surface area contributed by atoms with Gasteiger partial charge in [0.15, 0.2) is 0 Å². The molecule has 34 heavy (non-hydrogen) atoms. The molecule has 184 valence electrons. The summed E-state index contributed by atoms with van der Waals surface area (Å²) in [6.45, 7) is -0.224. The Morgan fingerprint density at radius 2 is 1.82 bits per heavy atom. The number of H-pyrrole nitrogens is 1. The van der Waals surface area contributed by atoms with E-state index >= 15 is 0 Å². The minimum absolute atomic E-state index is 0. The molecule has 2 heterocycles. The number of hydrogen-bond donors (Lipinski definition) is 6. The van der Waals surface area contributed by atoms with E-state index in [-0.39, 0.29) is 30.6 Å². The lowest BCUT2D eigenvalue weighted by atomic mass is 9.96. The molecule has 3 aromatic rings. The molecule has 2 aromatic heterocycles.